The van der Waals surface area contributed by atoms with Crippen LogP contribution in [-0.2, 0) is 9.53 Å². The van der Waals surface area contributed by atoms with Crippen LogP contribution in [0.5, 0.6) is 5.75 Å². The van der Waals surface area contributed by atoms with Crippen LogP contribution in [0, 0.1) is 0 Å². The second-order valence-corrected chi connectivity index (χ2v) is 6.05. The predicted octanol–water partition coefficient (Wildman–Crippen LogP) is 2.67. The third kappa shape index (κ3) is 3.38. The first-order valence-corrected chi connectivity index (χ1v) is 7.93. The van der Waals surface area contributed by atoms with Crippen molar-refractivity contribution >= 4 is 5.91 Å². The Kier molecular flexibility index (Phi) is 4.44. The summed E-state index contributed by atoms with van der Waals surface area (Å²) >= 11 is 0. The maximum atomic E-state index is 12.4. The van der Waals surface area contributed by atoms with E-state index in [0.29, 0.717) is 11.7 Å². The number of phenols is 1. The van der Waals surface area contributed by atoms with Crippen LogP contribution >= 0.6 is 0 Å². The number of amides is 1. The molecule has 0 radical (unpaired) electrons. The van der Waals surface area contributed by atoms with Gasteiger partial charge in [0.05, 0.1) is 0 Å². The van der Waals surface area contributed by atoms with Crippen LogP contribution in [0.25, 0.3) is 0 Å². The molecule has 0 bridgehead atoms. The summed E-state index contributed by atoms with van der Waals surface area (Å²) in [6, 6.07) is 7.45. The number of piperidine rings is 1. The number of likely N-dealkylation sites (tertiary alicyclic amines) is 1. The zero-order valence-electron chi connectivity index (χ0n) is 12.3. The zero-order chi connectivity index (χ0) is 14.7. The fraction of sp³-hybridized carbons (Fsp3) is 0.588. The van der Waals surface area contributed by atoms with Gasteiger partial charge in [0.25, 0.3) is 5.91 Å². The second kappa shape index (κ2) is 6.48. The smallest absolute Gasteiger partial charge is 0.251 e. The van der Waals surface area contributed by atoms with Gasteiger partial charge in [-0.3, -0.25) is 4.79 Å². The highest BCUT2D eigenvalue weighted by molar-refractivity contribution is 5.81. The third-order valence-corrected chi connectivity index (χ3v) is 4.63. The van der Waals surface area contributed by atoms with Gasteiger partial charge in [-0.2, -0.15) is 0 Å². The normalized spacial score (nSPS) is 24.0. The van der Waals surface area contributed by atoms with Gasteiger partial charge in [0, 0.05) is 19.7 Å². The molecule has 2 aliphatic rings. The van der Waals surface area contributed by atoms with E-state index in [1.165, 1.54) is 5.56 Å². The molecule has 1 aromatic rings. The van der Waals surface area contributed by atoms with Gasteiger partial charge in [0.15, 0.2) is 0 Å². The predicted molar refractivity (Wildman–Crippen MR) is 80.3 cm³/mol. The van der Waals surface area contributed by atoms with E-state index in [0.717, 1.165) is 51.8 Å². The standard InChI is InChI=1S/C17H23NO3/c19-15-6-4-13(5-7-15)14-8-10-18(11-9-14)17(20)16-3-1-2-12-21-16/h4-7,14,16,19H,1-3,8-12H2. The molecule has 3 rings (SSSR count). The fourth-order valence-corrected chi connectivity index (χ4v) is 3.32. The first-order chi connectivity index (χ1) is 10.2. The number of aromatic hydroxyl groups is 1. The van der Waals surface area contributed by atoms with Gasteiger partial charge in [0.2, 0.25) is 0 Å². The quantitative estimate of drug-likeness (QED) is 0.910. The number of carbonyl (C=O) groups is 1. The Balaban J connectivity index is 1.54. The number of hydrogen-bond acceptors (Lipinski definition) is 3. The number of carbonyl (C=O) groups excluding carboxylic acids is 1. The maximum absolute atomic E-state index is 12.4. The van der Waals surface area contributed by atoms with Crippen molar-refractivity contribution in [3.05, 3.63) is 29.8 Å². The zero-order valence-corrected chi connectivity index (χ0v) is 12.3. The largest absolute Gasteiger partial charge is 0.508 e. The number of phenolic OH excluding ortho intramolecular Hbond substituents is 1. The molecule has 21 heavy (non-hydrogen) atoms. The molecule has 2 saturated heterocycles. The Labute approximate surface area is 125 Å². The lowest BCUT2D eigenvalue weighted by molar-refractivity contribution is -0.147. The van der Waals surface area contributed by atoms with E-state index in [4.69, 9.17) is 4.74 Å². The summed E-state index contributed by atoms with van der Waals surface area (Å²) in [5.41, 5.74) is 1.26. The number of benzene rings is 1. The Morgan fingerprint density at radius 1 is 1.10 bits per heavy atom. The number of rotatable bonds is 2. The Bertz CT molecular complexity index is 471. The lowest BCUT2D eigenvalue weighted by atomic mass is 9.89. The lowest BCUT2D eigenvalue weighted by Crippen LogP contribution is -2.45. The summed E-state index contributed by atoms with van der Waals surface area (Å²) in [5.74, 6) is 0.974. The Morgan fingerprint density at radius 3 is 2.43 bits per heavy atom. The highest BCUT2D eigenvalue weighted by Crippen LogP contribution is 2.29. The van der Waals surface area contributed by atoms with Crippen LogP contribution < -0.4 is 0 Å². The summed E-state index contributed by atoms with van der Waals surface area (Å²) < 4.78 is 5.60. The monoisotopic (exact) mass is 289 g/mol. The summed E-state index contributed by atoms with van der Waals surface area (Å²) in [4.78, 5) is 14.4. The molecule has 0 spiro atoms. The van der Waals surface area contributed by atoms with Gasteiger partial charge >= 0.3 is 0 Å². The SMILES string of the molecule is O=C(C1CCCCO1)N1CCC(c2ccc(O)cc2)CC1. The van der Waals surface area contributed by atoms with Crippen LogP contribution in [0.3, 0.4) is 0 Å². The first-order valence-electron chi connectivity index (χ1n) is 7.93. The molecule has 1 amide bonds. The molecule has 4 heteroatoms. The molecule has 1 aromatic carbocycles. The minimum absolute atomic E-state index is 0.179. The topological polar surface area (TPSA) is 49.8 Å². The minimum atomic E-state index is -0.205. The molecule has 4 nitrogen and oxygen atoms in total. The molecule has 0 saturated carbocycles. The van der Waals surface area contributed by atoms with E-state index < -0.39 is 0 Å². The number of ether oxygens (including phenoxy) is 1. The van der Waals surface area contributed by atoms with E-state index in [2.05, 4.69) is 0 Å². The van der Waals surface area contributed by atoms with Gasteiger partial charge in [0.1, 0.15) is 11.9 Å². The van der Waals surface area contributed by atoms with Crippen LogP contribution in [0.2, 0.25) is 0 Å². The molecule has 1 unspecified atom stereocenters. The molecule has 1 atom stereocenters. The van der Waals surface area contributed by atoms with Crippen LogP contribution in [-0.4, -0.2) is 41.7 Å². The summed E-state index contributed by atoms with van der Waals surface area (Å²) in [7, 11) is 0. The van der Waals surface area contributed by atoms with E-state index in [-0.39, 0.29) is 12.0 Å². The number of nitrogens with zero attached hydrogens (tertiary/aromatic N) is 1. The lowest BCUT2D eigenvalue weighted by Gasteiger charge is -2.35. The molecule has 2 heterocycles. The first kappa shape index (κ1) is 14.4. The highest BCUT2D eigenvalue weighted by Gasteiger charge is 2.30. The van der Waals surface area contributed by atoms with Gasteiger partial charge < -0.3 is 14.7 Å². The van der Waals surface area contributed by atoms with Crippen LogP contribution in [0.1, 0.15) is 43.6 Å². The summed E-state index contributed by atoms with van der Waals surface area (Å²) in [6.45, 7) is 2.34. The van der Waals surface area contributed by atoms with Gasteiger partial charge in [-0.05, 0) is 55.7 Å². The van der Waals surface area contributed by atoms with Crippen molar-refractivity contribution in [3.8, 4) is 5.75 Å². The second-order valence-electron chi connectivity index (χ2n) is 6.05. The average Bonchev–Trinajstić information content (AvgIpc) is 2.56. The highest BCUT2D eigenvalue weighted by atomic mass is 16.5. The van der Waals surface area contributed by atoms with Crippen molar-refractivity contribution in [1.29, 1.82) is 0 Å². The Hall–Kier alpha value is -1.55. The van der Waals surface area contributed by atoms with Crippen molar-refractivity contribution < 1.29 is 14.6 Å². The van der Waals surface area contributed by atoms with E-state index in [1.807, 2.05) is 17.0 Å². The minimum Gasteiger partial charge on any atom is -0.508 e. The van der Waals surface area contributed by atoms with E-state index in [1.54, 1.807) is 12.1 Å². The van der Waals surface area contributed by atoms with Gasteiger partial charge in [-0.25, -0.2) is 0 Å². The molecule has 2 aliphatic heterocycles. The number of hydrogen-bond donors (Lipinski definition) is 1. The molecule has 0 aromatic heterocycles. The molecule has 1 N–H and O–H groups in total. The summed E-state index contributed by atoms with van der Waals surface area (Å²) in [6.07, 6.45) is 4.82. The third-order valence-electron chi connectivity index (χ3n) is 4.63. The summed E-state index contributed by atoms with van der Waals surface area (Å²) in [5, 5.41) is 9.35. The molecule has 114 valence electrons. The maximum Gasteiger partial charge on any atom is 0.251 e. The van der Waals surface area contributed by atoms with Crippen molar-refractivity contribution in [3.63, 3.8) is 0 Å². The van der Waals surface area contributed by atoms with E-state index in [9.17, 15) is 9.90 Å². The van der Waals surface area contributed by atoms with Gasteiger partial charge in [-0.1, -0.05) is 12.1 Å². The van der Waals surface area contributed by atoms with Crippen molar-refractivity contribution in [1.82, 2.24) is 4.90 Å². The van der Waals surface area contributed by atoms with Crippen LogP contribution in [0.4, 0.5) is 0 Å². The van der Waals surface area contributed by atoms with Crippen LogP contribution in [0.15, 0.2) is 24.3 Å². The fourth-order valence-electron chi connectivity index (χ4n) is 3.32. The molecule has 0 aliphatic carbocycles. The molecular formula is C17H23NO3. The van der Waals surface area contributed by atoms with E-state index >= 15 is 0 Å². The van der Waals surface area contributed by atoms with Crippen molar-refractivity contribution in [2.75, 3.05) is 19.7 Å². The molecule has 2 fully saturated rings. The Morgan fingerprint density at radius 2 is 1.81 bits per heavy atom. The molecular weight excluding hydrogens is 266 g/mol. The van der Waals surface area contributed by atoms with Gasteiger partial charge in [-0.15, -0.1) is 0 Å². The van der Waals surface area contributed by atoms with Crippen molar-refractivity contribution in [2.24, 2.45) is 0 Å². The van der Waals surface area contributed by atoms with Crippen molar-refractivity contribution in [2.45, 2.75) is 44.1 Å². The average molecular weight is 289 g/mol.